The first-order valence-corrected chi connectivity index (χ1v) is 11.0. The molecular formula is C20H21Cl3N4O6S. The molecule has 0 radical (unpaired) electrons. The molecule has 0 spiro atoms. The SMILES string of the molecule is COc1ccc([N+](=O)[O-])cc1NC(=S)N[C@H](NC(=O)Cc1ccc(OC)c(OC)c1)C(Cl)(Cl)Cl. The fourth-order valence-corrected chi connectivity index (χ4v) is 3.34. The van der Waals surface area contributed by atoms with E-state index in [1.165, 1.54) is 39.5 Å². The van der Waals surface area contributed by atoms with Crippen molar-refractivity contribution in [2.24, 2.45) is 0 Å². The van der Waals surface area contributed by atoms with E-state index in [1.807, 2.05) is 0 Å². The molecule has 0 fully saturated rings. The number of anilines is 1. The van der Waals surface area contributed by atoms with Crippen molar-refractivity contribution in [3.8, 4) is 17.2 Å². The van der Waals surface area contributed by atoms with Gasteiger partial charge >= 0.3 is 0 Å². The van der Waals surface area contributed by atoms with Gasteiger partial charge in [0.2, 0.25) is 9.70 Å². The van der Waals surface area contributed by atoms with Crippen molar-refractivity contribution >= 4 is 69.4 Å². The zero-order valence-electron chi connectivity index (χ0n) is 18.2. The van der Waals surface area contributed by atoms with Crippen molar-refractivity contribution in [3.63, 3.8) is 0 Å². The average Bonchev–Trinajstić information content (AvgIpc) is 2.77. The van der Waals surface area contributed by atoms with E-state index in [9.17, 15) is 14.9 Å². The third kappa shape index (κ3) is 7.66. The molecule has 10 nitrogen and oxygen atoms in total. The van der Waals surface area contributed by atoms with Crippen LogP contribution in [0.5, 0.6) is 17.2 Å². The van der Waals surface area contributed by atoms with Gasteiger partial charge in [0.15, 0.2) is 16.6 Å². The van der Waals surface area contributed by atoms with Crippen LogP contribution in [-0.2, 0) is 11.2 Å². The summed E-state index contributed by atoms with van der Waals surface area (Å²) in [5.74, 6) is 0.782. The molecule has 0 aliphatic rings. The van der Waals surface area contributed by atoms with Crippen LogP contribution >= 0.6 is 47.0 Å². The summed E-state index contributed by atoms with van der Waals surface area (Å²) in [7, 11) is 4.37. The van der Waals surface area contributed by atoms with Gasteiger partial charge in [0.25, 0.3) is 5.69 Å². The quantitative estimate of drug-likeness (QED) is 0.140. The van der Waals surface area contributed by atoms with Crippen LogP contribution < -0.4 is 30.2 Å². The Morgan fingerprint density at radius 2 is 1.65 bits per heavy atom. The van der Waals surface area contributed by atoms with Crippen molar-refractivity contribution in [2.75, 3.05) is 26.6 Å². The number of carbonyl (C=O) groups is 1. The molecular weight excluding hydrogens is 531 g/mol. The third-order valence-electron chi connectivity index (χ3n) is 4.36. The van der Waals surface area contributed by atoms with E-state index in [4.69, 9.17) is 61.2 Å². The molecule has 14 heteroatoms. The highest BCUT2D eigenvalue weighted by Gasteiger charge is 2.34. The van der Waals surface area contributed by atoms with Crippen LogP contribution in [0, 0.1) is 10.1 Å². The maximum Gasteiger partial charge on any atom is 0.271 e. The number of amides is 1. The standard InChI is InChI=1S/C20H21Cl3N4O6S/c1-31-14-7-5-12(27(29)30)10-13(14)24-19(34)26-18(20(21,22)23)25-17(28)9-11-4-6-15(32-2)16(8-11)33-3/h4-8,10,18H,9H2,1-3H3,(H,25,28)(H2,24,26,34)/t18-/m0/s1. The largest absolute Gasteiger partial charge is 0.495 e. The topological polar surface area (TPSA) is 124 Å². The van der Waals surface area contributed by atoms with Crippen LogP contribution in [0.15, 0.2) is 36.4 Å². The Morgan fingerprint density at radius 3 is 2.21 bits per heavy atom. The normalized spacial score (nSPS) is 11.7. The predicted octanol–water partition coefficient (Wildman–Crippen LogP) is 3.96. The van der Waals surface area contributed by atoms with E-state index < -0.39 is 20.8 Å². The number of benzene rings is 2. The van der Waals surface area contributed by atoms with Crippen molar-refractivity contribution in [2.45, 2.75) is 16.4 Å². The van der Waals surface area contributed by atoms with Gasteiger partial charge in [-0.2, -0.15) is 0 Å². The van der Waals surface area contributed by atoms with Gasteiger partial charge in [0.05, 0.1) is 38.4 Å². The molecule has 2 aromatic carbocycles. The summed E-state index contributed by atoms with van der Waals surface area (Å²) in [5, 5.41) is 19.0. The minimum absolute atomic E-state index is 0.0574. The van der Waals surface area contributed by atoms with Gasteiger partial charge in [0.1, 0.15) is 11.9 Å². The van der Waals surface area contributed by atoms with E-state index in [2.05, 4.69) is 16.0 Å². The number of carbonyl (C=O) groups excluding carboxylic acids is 1. The predicted molar refractivity (Wildman–Crippen MR) is 134 cm³/mol. The second-order valence-corrected chi connectivity index (χ2v) is 9.43. The number of hydrogen-bond acceptors (Lipinski definition) is 7. The summed E-state index contributed by atoms with van der Waals surface area (Å²) in [4.78, 5) is 23.1. The lowest BCUT2D eigenvalue weighted by Crippen LogP contribution is -2.56. The highest BCUT2D eigenvalue weighted by Crippen LogP contribution is 2.31. The van der Waals surface area contributed by atoms with E-state index in [-0.39, 0.29) is 28.7 Å². The Labute approximate surface area is 215 Å². The lowest BCUT2D eigenvalue weighted by molar-refractivity contribution is -0.384. The summed E-state index contributed by atoms with van der Waals surface area (Å²) in [5.41, 5.74) is 0.640. The summed E-state index contributed by atoms with van der Waals surface area (Å²) in [6.45, 7) is 0. The van der Waals surface area contributed by atoms with Crippen molar-refractivity contribution < 1.29 is 23.9 Å². The minimum atomic E-state index is -1.99. The molecule has 184 valence electrons. The molecule has 0 saturated heterocycles. The number of halogens is 3. The molecule has 0 bridgehead atoms. The van der Waals surface area contributed by atoms with Crippen LogP contribution in [0.4, 0.5) is 11.4 Å². The number of rotatable bonds is 9. The van der Waals surface area contributed by atoms with Gasteiger partial charge in [-0.1, -0.05) is 40.9 Å². The van der Waals surface area contributed by atoms with Crippen LogP contribution in [0.2, 0.25) is 0 Å². The van der Waals surface area contributed by atoms with Gasteiger partial charge in [0, 0.05) is 12.1 Å². The number of alkyl halides is 3. The second-order valence-electron chi connectivity index (χ2n) is 6.65. The van der Waals surface area contributed by atoms with Gasteiger partial charge in [-0.05, 0) is 36.0 Å². The Bertz CT molecular complexity index is 1070. The maximum absolute atomic E-state index is 12.6. The first kappa shape index (κ1) is 27.5. The molecule has 2 rings (SSSR count). The molecule has 0 heterocycles. The lowest BCUT2D eigenvalue weighted by Gasteiger charge is -2.28. The summed E-state index contributed by atoms with van der Waals surface area (Å²) in [6.07, 6.45) is -1.30. The molecule has 34 heavy (non-hydrogen) atoms. The van der Waals surface area contributed by atoms with E-state index in [0.29, 0.717) is 17.1 Å². The van der Waals surface area contributed by atoms with Crippen LogP contribution in [-0.4, -0.2) is 47.2 Å². The van der Waals surface area contributed by atoms with E-state index in [1.54, 1.807) is 18.2 Å². The first-order valence-electron chi connectivity index (χ1n) is 9.45. The number of methoxy groups -OCH3 is 3. The Kier molecular flexibility index (Phi) is 9.80. The number of hydrogen-bond donors (Lipinski definition) is 3. The van der Waals surface area contributed by atoms with Crippen LogP contribution in [0.25, 0.3) is 0 Å². The van der Waals surface area contributed by atoms with E-state index >= 15 is 0 Å². The number of ether oxygens (including phenoxy) is 3. The fourth-order valence-electron chi connectivity index (χ4n) is 2.78. The van der Waals surface area contributed by atoms with Gasteiger partial charge in [-0.15, -0.1) is 0 Å². The van der Waals surface area contributed by atoms with Crippen molar-refractivity contribution in [3.05, 3.63) is 52.1 Å². The summed E-state index contributed by atoms with van der Waals surface area (Å²) >= 11 is 23.3. The van der Waals surface area contributed by atoms with Crippen molar-refractivity contribution in [1.29, 1.82) is 0 Å². The highest BCUT2D eigenvalue weighted by atomic mass is 35.6. The number of non-ortho nitro benzene ring substituents is 1. The summed E-state index contributed by atoms with van der Waals surface area (Å²) in [6, 6.07) is 8.92. The minimum Gasteiger partial charge on any atom is -0.495 e. The van der Waals surface area contributed by atoms with Crippen molar-refractivity contribution in [1.82, 2.24) is 10.6 Å². The molecule has 0 aliphatic carbocycles. The first-order chi connectivity index (χ1) is 16.0. The number of thiocarbonyl (C=S) groups is 1. The Balaban J connectivity index is 2.12. The average molecular weight is 552 g/mol. The number of nitrogens with one attached hydrogen (secondary N) is 3. The molecule has 1 amide bonds. The Morgan fingerprint density at radius 1 is 1.03 bits per heavy atom. The molecule has 1 atom stereocenters. The Hall–Kier alpha value is -2.73. The van der Waals surface area contributed by atoms with Gasteiger partial charge < -0.3 is 30.2 Å². The fraction of sp³-hybridized carbons (Fsp3) is 0.300. The van der Waals surface area contributed by atoms with Gasteiger partial charge in [-0.25, -0.2) is 0 Å². The van der Waals surface area contributed by atoms with E-state index in [0.717, 1.165) is 0 Å². The van der Waals surface area contributed by atoms with Crippen LogP contribution in [0.3, 0.4) is 0 Å². The monoisotopic (exact) mass is 550 g/mol. The second kappa shape index (κ2) is 12.1. The highest BCUT2D eigenvalue weighted by molar-refractivity contribution is 7.80. The third-order valence-corrected chi connectivity index (χ3v) is 5.24. The number of nitro benzene ring substituents is 1. The molecule has 0 aromatic heterocycles. The summed E-state index contributed by atoms with van der Waals surface area (Å²) < 4.78 is 13.6. The number of nitro groups is 1. The molecule has 3 N–H and O–H groups in total. The molecule has 0 unspecified atom stereocenters. The smallest absolute Gasteiger partial charge is 0.271 e. The molecule has 2 aromatic rings. The van der Waals surface area contributed by atoms with Crippen LogP contribution in [0.1, 0.15) is 5.56 Å². The lowest BCUT2D eigenvalue weighted by atomic mass is 10.1. The maximum atomic E-state index is 12.6. The number of nitrogens with zero attached hydrogens (tertiary/aromatic N) is 1. The molecule has 0 saturated carbocycles. The zero-order valence-corrected chi connectivity index (χ0v) is 21.3. The molecule has 0 aliphatic heterocycles. The van der Waals surface area contributed by atoms with Gasteiger partial charge in [-0.3, -0.25) is 14.9 Å². The zero-order chi connectivity index (χ0) is 25.5.